The van der Waals surface area contributed by atoms with E-state index in [4.69, 9.17) is 4.42 Å². The second kappa shape index (κ2) is 7.89. The first-order valence-corrected chi connectivity index (χ1v) is 15.6. The predicted molar refractivity (Wildman–Crippen MR) is 183 cm³/mol. The van der Waals surface area contributed by atoms with Crippen LogP contribution in [0.5, 0.6) is 0 Å². The molecule has 2 heteroatoms. The topological polar surface area (TPSA) is 18.1 Å². The van der Waals surface area contributed by atoms with Crippen molar-refractivity contribution < 1.29 is 4.42 Å². The molecule has 2 heterocycles. The lowest BCUT2D eigenvalue weighted by molar-refractivity contribution is 0.650. The van der Waals surface area contributed by atoms with Crippen LogP contribution in [0.15, 0.2) is 120 Å². The Kier molecular flexibility index (Phi) is 4.37. The van der Waals surface area contributed by atoms with Crippen LogP contribution >= 0.6 is 0 Å². The number of hydrogen-bond acceptors (Lipinski definition) is 1. The van der Waals surface area contributed by atoms with E-state index in [-0.39, 0.29) is 10.8 Å². The highest BCUT2D eigenvalue weighted by Crippen LogP contribution is 2.63. The van der Waals surface area contributed by atoms with E-state index in [9.17, 15) is 0 Å². The molecule has 0 bridgehead atoms. The summed E-state index contributed by atoms with van der Waals surface area (Å²) in [6, 6.07) is 42.3. The van der Waals surface area contributed by atoms with E-state index >= 15 is 0 Å². The lowest BCUT2D eigenvalue weighted by Crippen LogP contribution is -2.19. The Labute approximate surface area is 256 Å². The van der Waals surface area contributed by atoms with Crippen molar-refractivity contribution in [2.24, 2.45) is 0 Å². The van der Waals surface area contributed by atoms with Gasteiger partial charge in [-0.15, -0.1) is 0 Å². The summed E-state index contributed by atoms with van der Waals surface area (Å²) in [4.78, 5) is 0. The van der Waals surface area contributed by atoms with E-state index in [1.165, 1.54) is 66.3 Å². The number of para-hydroxylation sites is 2. The van der Waals surface area contributed by atoms with Crippen LogP contribution in [0.3, 0.4) is 0 Å². The molecule has 0 saturated heterocycles. The highest BCUT2D eigenvalue weighted by molar-refractivity contribution is 6.22. The van der Waals surface area contributed by atoms with Gasteiger partial charge in [0.1, 0.15) is 11.2 Å². The van der Waals surface area contributed by atoms with E-state index < -0.39 is 0 Å². The van der Waals surface area contributed by atoms with Gasteiger partial charge < -0.3 is 8.98 Å². The fourth-order valence-electron chi connectivity index (χ4n) is 8.88. The Bertz CT molecular complexity index is 2550. The summed E-state index contributed by atoms with van der Waals surface area (Å²) >= 11 is 0. The minimum Gasteiger partial charge on any atom is -0.456 e. The Morgan fingerprint density at radius 2 is 1.11 bits per heavy atom. The molecule has 6 aromatic carbocycles. The largest absolute Gasteiger partial charge is 0.456 e. The van der Waals surface area contributed by atoms with E-state index in [0.717, 1.165) is 27.6 Å². The molecule has 0 unspecified atom stereocenters. The molecule has 2 aliphatic carbocycles. The van der Waals surface area contributed by atoms with Gasteiger partial charge in [0.25, 0.3) is 0 Å². The Balaban J connectivity index is 1.47. The molecule has 8 aromatic rings. The van der Waals surface area contributed by atoms with E-state index in [1.54, 1.807) is 0 Å². The second-order valence-corrected chi connectivity index (χ2v) is 13.7. The van der Waals surface area contributed by atoms with Crippen molar-refractivity contribution in [3.05, 3.63) is 138 Å². The molecular weight excluding hydrogens is 534 g/mol. The molecule has 0 atom stereocenters. The predicted octanol–water partition coefficient (Wildman–Crippen LogP) is 11.3. The van der Waals surface area contributed by atoms with Crippen molar-refractivity contribution in [1.29, 1.82) is 0 Å². The van der Waals surface area contributed by atoms with E-state index in [2.05, 4.69) is 141 Å². The highest BCUT2D eigenvalue weighted by atomic mass is 16.3. The van der Waals surface area contributed by atoms with Crippen LogP contribution in [-0.4, -0.2) is 4.57 Å². The molecule has 2 aliphatic rings. The summed E-state index contributed by atoms with van der Waals surface area (Å²) in [6.07, 6.45) is 0. The van der Waals surface area contributed by atoms with Crippen LogP contribution in [0, 0.1) is 0 Å². The van der Waals surface area contributed by atoms with Crippen molar-refractivity contribution in [3.8, 4) is 27.9 Å². The number of benzene rings is 6. The van der Waals surface area contributed by atoms with Gasteiger partial charge in [0.15, 0.2) is 0 Å². The molecule has 0 radical (unpaired) electrons. The normalized spacial score (nSPS) is 15.6. The summed E-state index contributed by atoms with van der Waals surface area (Å²) in [5.74, 6) is 0. The monoisotopic (exact) mass is 565 g/mol. The summed E-state index contributed by atoms with van der Waals surface area (Å²) in [5.41, 5.74) is 16.5. The van der Waals surface area contributed by atoms with Gasteiger partial charge in [-0.05, 0) is 74.8 Å². The number of furan rings is 1. The van der Waals surface area contributed by atoms with Crippen LogP contribution in [0.2, 0.25) is 0 Å². The Hall–Kier alpha value is -5.08. The van der Waals surface area contributed by atoms with Gasteiger partial charge in [0.2, 0.25) is 0 Å². The first-order chi connectivity index (χ1) is 21.4. The fourth-order valence-corrected chi connectivity index (χ4v) is 8.88. The van der Waals surface area contributed by atoms with Gasteiger partial charge in [-0.1, -0.05) is 113 Å². The molecule has 2 nitrogen and oxygen atoms in total. The van der Waals surface area contributed by atoms with E-state index in [0.29, 0.717) is 0 Å². The van der Waals surface area contributed by atoms with Crippen molar-refractivity contribution in [1.82, 2.24) is 4.57 Å². The molecule has 0 N–H and O–H groups in total. The Morgan fingerprint density at radius 3 is 1.89 bits per heavy atom. The summed E-state index contributed by atoms with van der Waals surface area (Å²) in [6.45, 7) is 9.70. The molecule has 0 amide bonds. The molecule has 2 aromatic heterocycles. The molecule has 44 heavy (non-hydrogen) atoms. The van der Waals surface area contributed by atoms with Gasteiger partial charge in [-0.25, -0.2) is 0 Å². The number of fused-ring (bicyclic) bond motifs is 15. The molecule has 0 saturated carbocycles. The van der Waals surface area contributed by atoms with Crippen LogP contribution in [0.1, 0.15) is 49.9 Å². The highest BCUT2D eigenvalue weighted by Gasteiger charge is 2.47. The lowest BCUT2D eigenvalue weighted by atomic mass is 9.76. The molecule has 210 valence electrons. The quantitative estimate of drug-likeness (QED) is 0.194. The van der Waals surface area contributed by atoms with Crippen LogP contribution in [-0.2, 0) is 10.8 Å². The zero-order chi connectivity index (χ0) is 29.5. The molecule has 10 rings (SSSR count). The van der Waals surface area contributed by atoms with Crippen LogP contribution in [0.25, 0.3) is 71.7 Å². The zero-order valence-corrected chi connectivity index (χ0v) is 25.3. The Morgan fingerprint density at radius 1 is 0.523 bits per heavy atom. The van der Waals surface area contributed by atoms with Gasteiger partial charge in [-0.2, -0.15) is 0 Å². The molecule has 0 fully saturated rings. The van der Waals surface area contributed by atoms with E-state index in [1.807, 2.05) is 6.07 Å². The summed E-state index contributed by atoms with van der Waals surface area (Å²) in [5, 5.41) is 4.97. The average molecular weight is 566 g/mol. The van der Waals surface area contributed by atoms with Crippen LogP contribution < -0.4 is 0 Å². The number of rotatable bonds is 1. The van der Waals surface area contributed by atoms with Crippen molar-refractivity contribution in [2.45, 2.75) is 38.5 Å². The maximum Gasteiger partial charge on any atom is 0.135 e. The minimum atomic E-state index is -0.178. The molecule has 0 spiro atoms. The first kappa shape index (κ1) is 24.4. The minimum absolute atomic E-state index is 0.129. The van der Waals surface area contributed by atoms with Gasteiger partial charge in [0, 0.05) is 38.1 Å². The summed E-state index contributed by atoms with van der Waals surface area (Å²) < 4.78 is 8.81. The van der Waals surface area contributed by atoms with Crippen LogP contribution in [0.4, 0.5) is 0 Å². The van der Waals surface area contributed by atoms with Gasteiger partial charge >= 0.3 is 0 Å². The van der Waals surface area contributed by atoms with Crippen molar-refractivity contribution >= 4 is 43.7 Å². The maximum absolute atomic E-state index is 6.26. The van der Waals surface area contributed by atoms with Crippen molar-refractivity contribution in [2.75, 3.05) is 0 Å². The number of nitrogens with zero attached hydrogens (tertiary/aromatic N) is 1. The maximum atomic E-state index is 6.26. The number of aromatic nitrogens is 1. The standard InChI is InChI=1S/C42H31NO/c1-41(2)30-17-9-5-14-26(30)35-36-28-16-7-11-19-32(28)43(24-21-22-34-29(23-24)25-13-8-12-20-33(25)44-34)40(36)39-37(38(35)41)27-15-6-10-18-31(27)42(39,3)4/h5-23H,1-4H3. The first-order valence-electron chi connectivity index (χ1n) is 15.6. The van der Waals surface area contributed by atoms with Gasteiger partial charge in [-0.3, -0.25) is 0 Å². The number of hydrogen-bond donors (Lipinski definition) is 0. The average Bonchev–Trinajstić information content (AvgIpc) is 3.72. The summed E-state index contributed by atoms with van der Waals surface area (Å²) in [7, 11) is 0. The van der Waals surface area contributed by atoms with Crippen molar-refractivity contribution in [3.63, 3.8) is 0 Å². The smallest absolute Gasteiger partial charge is 0.135 e. The molecule has 0 aliphatic heterocycles. The zero-order valence-electron chi connectivity index (χ0n) is 25.3. The lowest BCUT2D eigenvalue weighted by Gasteiger charge is -2.28. The van der Waals surface area contributed by atoms with Gasteiger partial charge in [0.05, 0.1) is 11.0 Å². The third-order valence-corrected chi connectivity index (χ3v) is 10.7. The third kappa shape index (κ3) is 2.74. The third-order valence-electron chi connectivity index (χ3n) is 10.7. The fraction of sp³-hybridized carbons (Fsp3) is 0.143. The second-order valence-electron chi connectivity index (χ2n) is 13.7. The SMILES string of the molecule is CC1(C)c2ccccc2-c2c1c1c(c3c2c2ccccc2n3-c2ccc3oc4ccccc4c3c2)C(C)(C)c2ccccc2-1. The molecular formula is C42H31NO.